The number of unbranched alkanes of at least 4 members (excludes halogenated alkanes) is 1. The Morgan fingerprint density at radius 1 is 1.30 bits per heavy atom. The first-order valence-corrected chi connectivity index (χ1v) is 7.87. The van der Waals surface area contributed by atoms with Crippen LogP contribution in [-0.4, -0.2) is 62.8 Å². The molecule has 2 N–H and O–H groups in total. The second kappa shape index (κ2) is 10.1. The number of hydrogen-bond donors (Lipinski definition) is 2. The Bertz CT molecular complexity index is 266. The fourth-order valence-corrected chi connectivity index (χ4v) is 2.19. The van der Waals surface area contributed by atoms with E-state index in [-0.39, 0.29) is 5.91 Å². The second-order valence-electron chi connectivity index (χ2n) is 5.91. The molecule has 5 nitrogen and oxygen atoms in total. The number of ether oxygens (including phenoxy) is 1. The van der Waals surface area contributed by atoms with Crippen molar-refractivity contribution >= 4 is 5.91 Å². The maximum Gasteiger partial charge on any atom is 0.234 e. The lowest BCUT2D eigenvalue weighted by atomic mass is 10.1. The SMILES string of the molecule is CC(C)N(C)CCCCNCC(=O)NC1CCOCC1. The lowest BCUT2D eigenvalue weighted by Crippen LogP contribution is -2.43. The van der Waals surface area contributed by atoms with Crippen LogP contribution in [0.15, 0.2) is 0 Å². The van der Waals surface area contributed by atoms with E-state index in [2.05, 4.69) is 36.4 Å². The smallest absolute Gasteiger partial charge is 0.234 e. The van der Waals surface area contributed by atoms with Gasteiger partial charge in [0.15, 0.2) is 0 Å². The molecule has 0 radical (unpaired) electrons. The van der Waals surface area contributed by atoms with E-state index in [0.717, 1.165) is 45.6 Å². The molecule has 1 fully saturated rings. The van der Waals surface area contributed by atoms with Gasteiger partial charge in [-0.25, -0.2) is 0 Å². The molecule has 0 spiro atoms. The summed E-state index contributed by atoms with van der Waals surface area (Å²) in [6.45, 7) is 8.40. The quantitative estimate of drug-likeness (QED) is 0.620. The molecule has 5 heteroatoms. The highest BCUT2D eigenvalue weighted by molar-refractivity contribution is 5.78. The molecule has 1 heterocycles. The number of amides is 1. The van der Waals surface area contributed by atoms with Gasteiger partial charge in [-0.15, -0.1) is 0 Å². The molecule has 0 unspecified atom stereocenters. The van der Waals surface area contributed by atoms with E-state index in [9.17, 15) is 4.79 Å². The van der Waals surface area contributed by atoms with Crippen molar-refractivity contribution in [3.63, 3.8) is 0 Å². The Morgan fingerprint density at radius 3 is 2.65 bits per heavy atom. The average Bonchev–Trinajstić information content (AvgIpc) is 2.43. The second-order valence-corrected chi connectivity index (χ2v) is 5.91. The summed E-state index contributed by atoms with van der Waals surface area (Å²) in [5, 5.41) is 6.27. The van der Waals surface area contributed by atoms with Crippen LogP contribution in [0.3, 0.4) is 0 Å². The van der Waals surface area contributed by atoms with Gasteiger partial charge < -0.3 is 20.3 Å². The Balaban J connectivity index is 1.94. The zero-order chi connectivity index (χ0) is 14.8. The van der Waals surface area contributed by atoms with Crippen LogP contribution in [0, 0.1) is 0 Å². The molecule has 1 saturated heterocycles. The number of nitrogens with one attached hydrogen (secondary N) is 2. The highest BCUT2D eigenvalue weighted by Gasteiger charge is 2.15. The van der Waals surface area contributed by atoms with Gasteiger partial charge in [-0.2, -0.15) is 0 Å². The van der Waals surface area contributed by atoms with Crippen molar-refractivity contribution in [1.82, 2.24) is 15.5 Å². The third-order valence-corrected chi connectivity index (χ3v) is 3.87. The molecule has 0 saturated carbocycles. The number of nitrogens with zero attached hydrogens (tertiary/aromatic N) is 1. The summed E-state index contributed by atoms with van der Waals surface area (Å²) in [7, 11) is 2.15. The van der Waals surface area contributed by atoms with Gasteiger partial charge in [0.25, 0.3) is 0 Å². The van der Waals surface area contributed by atoms with Crippen molar-refractivity contribution in [1.29, 1.82) is 0 Å². The summed E-state index contributed by atoms with van der Waals surface area (Å²) in [5.74, 6) is 0.108. The summed E-state index contributed by atoms with van der Waals surface area (Å²) >= 11 is 0. The fourth-order valence-electron chi connectivity index (χ4n) is 2.19. The first-order chi connectivity index (χ1) is 9.59. The van der Waals surface area contributed by atoms with Crippen molar-refractivity contribution in [3.05, 3.63) is 0 Å². The van der Waals surface area contributed by atoms with Crippen LogP contribution in [0.4, 0.5) is 0 Å². The predicted octanol–water partition coefficient (Wildman–Crippen LogP) is 0.992. The first kappa shape index (κ1) is 17.4. The molecule has 1 aliphatic rings. The molecular formula is C15H31N3O2. The normalized spacial score (nSPS) is 16.9. The number of rotatable bonds is 9. The van der Waals surface area contributed by atoms with Crippen molar-refractivity contribution in [2.24, 2.45) is 0 Å². The monoisotopic (exact) mass is 285 g/mol. The topological polar surface area (TPSA) is 53.6 Å². The van der Waals surface area contributed by atoms with Crippen molar-refractivity contribution in [3.8, 4) is 0 Å². The number of carbonyl (C=O) groups is 1. The molecule has 0 aromatic rings. The highest BCUT2D eigenvalue weighted by atomic mass is 16.5. The Morgan fingerprint density at radius 2 is 2.00 bits per heavy atom. The van der Waals surface area contributed by atoms with E-state index in [1.165, 1.54) is 6.42 Å². The fraction of sp³-hybridized carbons (Fsp3) is 0.933. The van der Waals surface area contributed by atoms with Gasteiger partial charge in [-0.1, -0.05) is 0 Å². The van der Waals surface area contributed by atoms with Gasteiger partial charge in [-0.3, -0.25) is 4.79 Å². The van der Waals surface area contributed by atoms with Crippen LogP contribution in [0.2, 0.25) is 0 Å². The summed E-state index contributed by atoms with van der Waals surface area (Å²) in [6, 6.07) is 0.908. The van der Waals surface area contributed by atoms with Gasteiger partial charge in [0, 0.05) is 25.3 Å². The van der Waals surface area contributed by atoms with E-state index < -0.39 is 0 Å². The third-order valence-electron chi connectivity index (χ3n) is 3.87. The minimum Gasteiger partial charge on any atom is -0.381 e. The van der Waals surface area contributed by atoms with Crippen LogP contribution in [0.25, 0.3) is 0 Å². The minimum atomic E-state index is 0.108. The molecule has 20 heavy (non-hydrogen) atoms. The van der Waals surface area contributed by atoms with E-state index >= 15 is 0 Å². The van der Waals surface area contributed by atoms with Crippen molar-refractivity contribution in [2.45, 2.75) is 51.6 Å². The molecule has 118 valence electrons. The maximum atomic E-state index is 11.7. The van der Waals surface area contributed by atoms with E-state index in [1.54, 1.807) is 0 Å². The molecule has 0 bridgehead atoms. The molecule has 1 aliphatic heterocycles. The van der Waals surface area contributed by atoms with E-state index in [0.29, 0.717) is 18.6 Å². The molecule has 0 atom stereocenters. The van der Waals surface area contributed by atoms with E-state index in [4.69, 9.17) is 4.74 Å². The number of hydrogen-bond acceptors (Lipinski definition) is 4. The molecule has 0 aliphatic carbocycles. The Labute approximate surface area is 123 Å². The summed E-state index contributed by atoms with van der Waals surface area (Å²) < 4.78 is 5.27. The van der Waals surface area contributed by atoms with Crippen LogP contribution < -0.4 is 10.6 Å². The average molecular weight is 285 g/mol. The van der Waals surface area contributed by atoms with Crippen LogP contribution >= 0.6 is 0 Å². The van der Waals surface area contributed by atoms with Gasteiger partial charge in [-0.05, 0) is 59.7 Å². The lowest BCUT2D eigenvalue weighted by Gasteiger charge is -2.23. The van der Waals surface area contributed by atoms with Gasteiger partial charge in [0.1, 0.15) is 0 Å². The van der Waals surface area contributed by atoms with Gasteiger partial charge in [0.05, 0.1) is 6.54 Å². The summed E-state index contributed by atoms with van der Waals surface area (Å²) in [6.07, 6.45) is 4.16. The van der Waals surface area contributed by atoms with Crippen LogP contribution in [0.5, 0.6) is 0 Å². The standard InChI is InChI=1S/C15H31N3O2/c1-13(2)18(3)9-5-4-8-16-12-15(19)17-14-6-10-20-11-7-14/h13-14,16H,4-12H2,1-3H3,(H,17,19). The van der Waals surface area contributed by atoms with Crippen molar-refractivity contribution < 1.29 is 9.53 Å². The number of carbonyl (C=O) groups excluding carboxylic acids is 1. The molecule has 0 aromatic heterocycles. The third kappa shape index (κ3) is 7.82. The Hall–Kier alpha value is -0.650. The molecule has 0 aromatic carbocycles. The van der Waals surface area contributed by atoms with E-state index in [1.807, 2.05) is 0 Å². The zero-order valence-electron chi connectivity index (χ0n) is 13.3. The van der Waals surface area contributed by atoms with Crippen molar-refractivity contribution in [2.75, 3.05) is 39.9 Å². The van der Waals surface area contributed by atoms with Gasteiger partial charge >= 0.3 is 0 Å². The molecular weight excluding hydrogens is 254 g/mol. The lowest BCUT2D eigenvalue weighted by molar-refractivity contribution is -0.121. The van der Waals surface area contributed by atoms with Gasteiger partial charge in [0.2, 0.25) is 5.91 Å². The first-order valence-electron chi connectivity index (χ1n) is 7.87. The van der Waals surface area contributed by atoms with Crippen LogP contribution in [0.1, 0.15) is 39.5 Å². The minimum absolute atomic E-state index is 0.108. The Kier molecular flexibility index (Phi) is 8.82. The highest BCUT2D eigenvalue weighted by Crippen LogP contribution is 2.05. The molecule has 1 amide bonds. The predicted molar refractivity (Wildman–Crippen MR) is 81.9 cm³/mol. The molecule has 1 rings (SSSR count). The largest absolute Gasteiger partial charge is 0.381 e. The summed E-state index contributed by atoms with van der Waals surface area (Å²) in [5.41, 5.74) is 0. The maximum absolute atomic E-state index is 11.7. The zero-order valence-corrected chi connectivity index (χ0v) is 13.3. The van der Waals surface area contributed by atoms with Crippen LogP contribution in [-0.2, 0) is 9.53 Å². The summed E-state index contributed by atoms with van der Waals surface area (Å²) in [4.78, 5) is 14.1.